The van der Waals surface area contributed by atoms with Crippen molar-refractivity contribution >= 4 is 17.7 Å². The van der Waals surface area contributed by atoms with Crippen molar-refractivity contribution < 1.29 is 14.7 Å². The zero-order valence-corrected chi connectivity index (χ0v) is 11.7. The zero-order chi connectivity index (χ0) is 14.7. The molecule has 1 aromatic rings. The molecule has 0 bridgehead atoms. The van der Waals surface area contributed by atoms with Gasteiger partial charge in [-0.05, 0) is 26.2 Å². The normalized spacial score (nSPS) is 18.6. The molecule has 110 valence electrons. The van der Waals surface area contributed by atoms with E-state index in [1.807, 2.05) is 13.8 Å². The summed E-state index contributed by atoms with van der Waals surface area (Å²) in [4.78, 5) is 24.4. The Balaban J connectivity index is 1.87. The number of likely N-dealkylation sites (tertiary alicyclic amines) is 1. The highest BCUT2D eigenvalue weighted by Gasteiger charge is 2.27. The lowest BCUT2D eigenvalue weighted by Gasteiger charge is -2.16. The van der Waals surface area contributed by atoms with Gasteiger partial charge in [0.25, 0.3) is 0 Å². The van der Waals surface area contributed by atoms with Gasteiger partial charge < -0.3 is 15.3 Å². The van der Waals surface area contributed by atoms with E-state index in [4.69, 9.17) is 5.11 Å². The van der Waals surface area contributed by atoms with Crippen LogP contribution in [-0.2, 0) is 4.79 Å². The van der Waals surface area contributed by atoms with Crippen molar-refractivity contribution in [2.75, 3.05) is 18.4 Å². The SMILES string of the molecule is CC(C)n1cc(NC(=O)N2CCC(CC(=O)O)C2)cn1. The Morgan fingerprint density at radius 1 is 1.55 bits per heavy atom. The molecule has 1 unspecified atom stereocenters. The van der Waals surface area contributed by atoms with Crippen molar-refractivity contribution in [3.05, 3.63) is 12.4 Å². The lowest BCUT2D eigenvalue weighted by atomic mass is 10.1. The highest BCUT2D eigenvalue weighted by atomic mass is 16.4. The molecule has 1 aliphatic rings. The van der Waals surface area contributed by atoms with E-state index in [-0.39, 0.29) is 24.4 Å². The van der Waals surface area contributed by atoms with Crippen LogP contribution in [0.1, 0.15) is 32.7 Å². The predicted octanol–water partition coefficient (Wildman–Crippen LogP) is 1.79. The minimum Gasteiger partial charge on any atom is -0.481 e. The summed E-state index contributed by atoms with van der Waals surface area (Å²) in [5.41, 5.74) is 0.658. The number of anilines is 1. The number of aromatic nitrogens is 2. The van der Waals surface area contributed by atoms with Gasteiger partial charge >= 0.3 is 12.0 Å². The summed E-state index contributed by atoms with van der Waals surface area (Å²) in [5, 5.41) is 15.7. The van der Waals surface area contributed by atoms with Crippen LogP contribution in [0.2, 0.25) is 0 Å². The summed E-state index contributed by atoms with van der Waals surface area (Å²) in [7, 11) is 0. The number of nitrogens with zero attached hydrogens (tertiary/aromatic N) is 3. The van der Waals surface area contributed by atoms with E-state index in [0.29, 0.717) is 18.8 Å². The molecule has 1 saturated heterocycles. The van der Waals surface area contributed by atoms with Gasteiger partial charge in [-0.3, -0.25) is 9.48 Å². The van der Waals surface area contributed by atoms with Crippen molar-refractivity contribution in [2.45, 2.75) is 32.7 Å². The van der Waals surface area contributed by atoms with Gasteiger partial charge in [-0.1, -0.05) is 0 Å². The molecular weight excluding hydrogens is 260 g/mol. The van der Waals surface area contributed by atoms with E-state index in [2.05, 4.69) is 10.4 Å². The van der Waals surface area contributed by atoms with Gasteiger partial charge in [0.15, 0.2) is 0 Å². The Kier molecular flexibility index (Phi) is 4.26. The molecule has 1 fully saturated rings. The summed E-state index contributed by atoms with van der Waals surface area (Å²) >= 11 is 0. The van der Waals surface area contributed by atoms with Gasteiger partial charge in [-0.2, -0.15) is 5.10 Å². The fraction of sp³-hybridized carbons (Fsp3) is 0.615. The van der Waals surface area contributed by atoms with Crippen LogP contribution < -0.4 is 5.32 Å². The number of carbonyl (C=O) groups is 2. The molecule has 7 nitrogen and oxygen atoms in total. The minimum absolute atomic E-state index is 0.0524. The second-order valence-corrected chi connectivity index (χ2v) is 5.43. The van der Waals surface area contributed by atoms with Crippen LogP contribution in [-0.4, -0.2) is 44.9 Å². The molecule has 2 N–H and O–H groups in total. The second kappa shape index (κ2) is 5.94. The molecule has 0 aromatic carbocycles. The third-order valence-corrected chi connectivity index (χ3v) is 3.42. The number of amides is 2. The van der Waals surface area contributed by atoms with Gasteiger partial charge in [0.1, 0.15) is 0 Å². The molecule has 1 aromatic heterocycles. The van der Waals surface area contributed by atoms with Crippen LogP contribution in [0.3, 0.4) is 0 Å². The molecule has 20 heavy (non-hydrogen) atoms. The smallest absolute Gasteiger partial charge is 0.321 e. The highest BCUT2D eigenvalue weighted by molar-refractivity contribution is 5.89. The van der Waals surface area contributed by atoms with Crippen molar-refractivity contribution in [1.82, 2.24) is 14.7 Å². The molecule has 0 aliphatic carbocycles. The van der Waals surface area contributed by atoms with Crippen LogP contribution in [0, 0.1) is 5.92 Å². The van der Waals surface area contributed by atoms with Crippen molar-refractivity contribution in [1.29, 1.82) is 0 Å². The largest absolute Gasteiger partial charge is 0.481 e. The van der Waals surface area contributed by atoms with Crippen molar-refractivity contribution in [2.24, 2.45) is 5.92 Å². The summed E-state index contributed by atoms with van der Waals surface area (Å²) in [6.07, 6.45) is 4.26. The number of carbonyl (C=O) groups excluding carboxylic acids is 1. The molecule has 0 radical (unpaired) electrons. The summed E-state index contributed by atoms with van der Waals surface area (Å²) in [6.45, 7) is 5.11. The molecule has 0 spiro atoms. The highest BCUT2D eigenvalue weighted by Crippen LogP contribution is 2.20. The van der Waals surface area contributed by atoms with Crippen LogP contribution in [0.15, 0.2) is 12.4 Å². The van der Waals surface area contributed by atoms with E-state index in [1.165, 1.54) is 0 Å². The molecule has 2 rings (SSSR count). The maximum absolute atomic E-state index is 12.1. The standard InChI is InChI=1S/C13H20N4O3/c1-9(2)17-8-11(6-14-17)15-13(20)16-4-3-10(7-16)5-12(18)19/h6,8-10H,3-5,7H2,1-2H3,(H,15,20)(H,18,19). The van der Waals surface area contributed by atoms with Crippen LogP contribution >= 0.6 is 0 Å². The van der Waals surface area contributed by atoms with Crippen LogP contribution in [0.5, 0.6) is 0 Å². The van der Waals surface area contributed by atoms with Crippen LogP contribution in [0.25, 0.3) is 0 Å². The van der Waals surface area contributed by atoms with Gasteiger partial charge in [0.05, 0.1) is 11.9 Å². The number of carboxylic acid groups (broad SMARTS) is 1. The van der Waals surface area contributed by atoms with E-state index < -0.39 is 5.97 Å². The predicted molar refractivity (Wildman–Crippen MR) is 73.6 cm³/mol. The number of carboxylic acids is 1. The van der Waals surface area contributed by atoms with Crippen molar-refractivity contribution in [3.8, 4) is 0 Å². The van der Waals surface area contributed by atoms with Gasteiger partial charge in [0, 0.05) is 31.7 Å². The Labute approximate surface area is 117 Å². The zero-order valence-electron chi connectivity index (χ0n) is 11.7. The molecule has 7 heteroatoms. The third kappa shape index (κ3) is 3.49. The number of urea groups is 1. The van der Waals surface area contributed by atoms with E-state index in [0.717, 1.165) is 6.42 Å². The molecule has 1 atom stereocenters. The number of nitrogens with one attached hydrogen (secondary N) is 1. The molecule has 0 saturated carbocycles. The van der Waals surface area contributed by atoms with Gasteiger partial charge in [-0.15, -0.1) is 0 Å². The first kappa shape index (κ1) is 14.4. The van der Waals surface area contributed by atoms with E-state index in [1.54, 1.807) is 22.0 Å². The van der Waals surface area contributed by atoms with Crippen LogP contribution in [0.4, 0.5) is 10.5 Å². The first-order valence-electron chi connectivity index (χ1n) is 6.77. The Morgan fingerprint density at radius 2 is 2.30 bits per heavy atom. The average Bonchev–Trinajstić information content (AvgIpc) is 2.97. The fourth-order valence-corrected chi connectivity index (χ4v) is 2.32. The molecule has 2 heterocycles. The fourth-order valence-electron chi connectivity index (χ4n) is 2.32. The summed E-state index contributed by atoms with van der Waals surface area (Å²) in [6, 6.07) is 0.0496. The third-order valence-electron chi connectivity index (χ3n) is 3.42. The lowest BCUT2D eigenvalue weighted by molar-refractivity contribution is -0.138. The number of hydrogen-bond donors (Lipinski definition) is 2. The average molecular weight is 280 g/mol. The monoisotopic (exact) mass is 280 g/mol. The Morgan fingerprint density at radius 3 is 2.90 bits per heavy atom. The topological polar surface area (TPSA) is 87.5 Å². The van der Waals surface area contributed by atoms with Gasteiger partial charge in [-0.25, -0.2) is 4.79 Å². The lowest BCUT2D eigenvalue weighted by Crippen LogP contribution is -2.33. The second-order valence-electron chi connectivity index (χ2n) is 5.43. The van der Waals surface area contributed by atoms with E-state index in [9.17, 15) is 9.59 Å². The first-order chi connectivity index (χ1) is 9.45. The number of hydrogen-bond acceptors (Lipinski definition) is 3. The van der Waals surface area contributed by atoms with Crippen molar-refractivity contribution in [3.63, 3.8) is 0 Å². The summed E-state index contributed by atoms with van der Waals surface area (Å²) < 4.78 is 1.77. The molecular formula is C13H20N4O3. The van der Waals surface area contributed by atoms with E-state index >= 15 is 0 Å². The van der Waals surface area contributed by atoms with Gasteiger partial charge in [0.2, 0.25) is 0 Å². The maximum Gasteiger partial charge on any atom is 0.321 e. The maximum atomic E-state index is 12.1. The quantitative estimate of drug-likeness (QED) is 0.880. The first-order valence-corrected chi connectivity index (χ1v) is 6.77. The minimum atomic E-state index is -0.810. The molecule has 2 amide bonds. The summed E-state index contributed by atoms with van der Waals surface area (Å²) in [5.74, 6) is -0.757. The number of rotatable bonds is 4. The Hall–Kier alpha value is -2.05. The Bertz CT molecular complexity index is 498. The number of aliphatic carboxylic acids is 1. The molecule has 1 aliphatic heterocycles.